The van der Waals surface area contributed by atoms with Gasteiger partial charge in [0, 0.05) is 12.6 Å². The van der Waals surface area contributed by atoms with Crippen molar-refractivity contribution in [3.63, 3.8) is 0 Å². The topological polar surface area (TPSA) is 95.2 Å². The van der Waals surface area contributed by atoms with Crippen LogP contribution in [0.15, 0.2) is 58.1 Å². The third-order valence-electron chi connectivity index (χ3n) is 4.26. The Labute approximate surface area is 173 Å². The highest BCUT2D eigenvalue weighted by molar-refractivity contribution is 5.88. The molecule has 162 valence electrons. The van der Waals surface area contributed by atoms with Gasteiger partial charge in [-0.1, -0.05) is 18.2 Å². The van der Waals surface area contributed by atoms with Crippen LogP contribution in [-0.2, 0) is 17.5 Å². The molecule has 1 aromatic heterocycles. The maximum Gasteiger partial charge on any atom is 0.416 e. The molecule has 3 aromatic rings. The number of anilines is 1. The van der Waals surface area contributed by atoms with Crippen LogP contribution >= 0.6 is 0 Å². The van der Waals surface area contributed by atoms with E-state index in [1.165, 1.54) is 38.3 Å². The summed E-state index contributed by atoms with van der Waals surface area (Å²) < 4.78 is 45.0. The number of rotatable bonds is 5. The zero-order valence-electron chi connectivity index (χ0n) is 16.4. The van der Waals surface area contributed by atoms with Crippen LogP contribution in [0.2, 0.25) is 0 Å². The SMILES string of the molecule is COc1nn(-c2cccc(NC(C)=O)c2)c(=O)n(Cc2ccc(C(F)(F)F)cc2)c1=O. The summed E-state index contributed by atoms with van der Waals surface area (Å²) in [5.74, 6) is -0.696. The molecule has 0 spiro atoms. The third kappa shape index (κ3) is 4.82. The predicted octanol–water partition coefficient (Wildman–Crippen LogP) is 2.43. The molecule has 0 aliphatic rings. The van der Waals surface area contributed by atoms with Crippen molar-refractivity contribution in [1.82, 2.24) is 14.3 Å². The first-order valence-electron chi connectivity index (χ1n) is 8.92. The first-order valence-corrected chi connectivity index (χ1v) is 8.92. The van der Waals surface area contributed by atoms with Crippen LogP contribution in [0.5, 0.6) is 5.88 Å². The van der Waals surface area contributed by atoms with Gasteiger partial charge in [-0.15, -0.1) is 5.10 Å². The fourth-order valence-corrected chi connectivity index (χ4v) is 2.83. The van der Waals surface area contributed by atoms with E-state index in [-0.39, 0.29) is 24.0 Å². The summed E-state index contributed by atoms with van der Waals surface area (Å²) in [7, 11) is 1.20. The number of carbonyl (C=O) groups excluding carboxylic acids is 1. The van der Waals surface area contributed by atoms with Crippen LogP contribution in [0, 0.1) is 0 Å². The van der Waals surface area contributed by atoms with Gasteiger partial charge in [0.25, 0.3) is 5.88 Å². The highest BCUT2D eigenvalue weighted by Crippen LogP contribution is 2.29. The number of alkyl halides is 3. The third-order valence-corrected chi connectivity index (χ3v) is 4.26. The van der Waals surface area contributed by atoms with E-state index in [0.29, 0.717) is 11.3 Å². The molecular formula is C20H17F3N4O4. The number of aromatic nitrogens is 3. The van der Waals surface area contributed by atoms with Crippen molar-refractivity contribution in [3.05, 3.63) is 80.5 Å². The van der Waals surface area contributed by atoms with Crippen molar-refractivity contribution in [1.29, 1.82) is 0 Å². The van der Waals surface area contributed by atoms with Gasteiger partial charge in [0.2, 0.25) is 5.91 Å². The lowest BCUT2D eigenvalue weighted by Gasteiger charge is -2.13. The molecule has 0 aliphatic heterocycles. The van der Waals surface area contributed by atoms with Gasteiger partial charge < -0.3 is 10.1 Å². The minimum absolute atomic E-state index is 0.246. The summed E-state index contributed by atoms with van der Waals surface area (Å²) in [5, 5.41) is 6.49. The Hall–Kier alpha value is -3.89. The number of halogens is 3. The molecule has 0 bridgehead atoms. The van der Waals surface area contributed by atoms with Gasteiger partial charge in [-0.2, -0.15) is 17.9 Å². The van der Waals surface area contributed by atoms with E-state index in [1.807, 2.05) is 0 Å². The molecule has 11 heteroatoms. The van der Waals surface area contributed by atoms with E-state index >= 15 is 0 Å². The molecule has 0 radical (unpaired) electrons. The van der Waals surface area contributed by atoms with Crippen LogP contribution in [0.4, 0.5) is 18.9 Å². The number of methoxy groups -OCH3 is 1. The number of nitrogens with one attached hydrogen (secondary N) is 1. The second-order valence-electron chi connectivity index (χ2n) is 6.52. The molecule has 0 saturated carbocycles. The standard InChI is InChI=1S/C20H17F3N4O4/c1-12(28)24-15-4-3-5-16(10-15)27-19(30)26(18(29)17(25-27)31-2)11-13-6-8-14(9-7-13)20(21,22)23/h3-10H,11H2,1-2H3,(H,24,28). The number of benzene rings is 2. The smallest absolute Gasteiger partial charge is 0.416 e. The number of hydrogen-bond acceptors (Lipinski definition) is 5. The normalized spacial score (nSPS) is 11.3. The average Bonchev–Trinajstić information content (AvgIpc) is 2.71. The number of ether oxygens (including phenoxy) is 1. The zero-order valence-corrected chi connectivity index (χ0v) is 16.4. The summed E-state index contributed by atoms with van der Waals surface area (Å²) in [6.07, 6.45) is -4.50. The molecule has 1 amide bonds. The summed E-state index contributed by atoms with van der Waals surface area (Å²) in [6.45, 7) is 1.03. The largest absolute Gasteiger partial charge is 0.476 e. The zero-order chi connectivity index (χ0) is 22.8. The Morgan fingerprint density at radius 3 is 2.39 bits per heavy atom. The number of hydrogen-bond donors (Lipinski definition) is 1. The minimum Gasteiger partial charge on any atom is -0.476 e. The fourth-order valence-electron chi connectivity index (χ4n) is 2.83. The fraction of sp³-hybridized carbons (Fsp3) is 0.200. The summed E-state index contributed by atoms with van der Waals surface area (Å²) in [6, 6.07) is 10.3. The number of carbonyl (C=O) groups is 1. The molecule has 0 fully saturated rings. The highest BCUT2D eigenvalue weighted by Gasteiger charge is 2.30. The van der Waals surface area contributed by atoms with Crippen molar-refractivity contribution in [3.8, 4) is 11.6 Å². The quantitative estimate of drug-likeness (QED) is 0.666. The van der Waals surface area contributed by atoms with Gasteiger partial charge in [0.15, 0.2) is 0 Å². The van der Waals surface area contributed by atoms with Crippen LogP contribution in [0.1, 0.15) is 18.1 Å². The maximum atomic E-state index is 13.0. The molecule has 8 nitrogen and oxygen atoms in total. The molecule has 3 rings (SSSR count). The van der Waals surface area contributed by atoms with E-state index in [4.69, 9.17) is 4.74 Å². The molecule has 31 heavy (non-hydrogen) atoms. The Bertz CT molecular complexity index is 1230. The molecule has 2 aromatic carbocycles. The predicted molar refractivity (Wildman–Crippen MR) is 105 cm³/mol. The Kier molecular flexibility index (Phi) is 5.95. The van der Waals surface area contributed by atoms with Crippen LogP contribution < -0.4 is 21.3 Å². The van der Waals surface area contributed by atoms with E-state index in [1.54, 1.807) is 12.1 Å². The monoisotopic (exact) mass is 434 g/mol. The Morgan fingerprint density at radius 2 is 1.81 bits per heavy atom. The van der Waals surface area contributed by atoms with Crippen molar-refractivity contribution in [2.75, 3.05) is 12.4 Å². The Balaban J connectivity index is 2.07. The van der Waals surface area contributed by atoms with E-state index in [9.17, 15) is 27.6 Å². The van der Waals surface area contributed by atoms with Crippen molar-refractivity contribution in [2.24, 2.45) is 0 Å². The van der Waals surface area contributed by atoms with Gasteiger partial charge in [-0.05, 0) is 35.9 Å². The maximum absolute atomic E-state index is 13.0. The van der Waals surface area contributed by atoms with Crippen LogP contribution in [-0.4, -0.2) is 27.4 Å². The molecular weight excluding hydrogens is 417 g/mol. The second kappa shape index (κ2) is 8.46. The molecule has 0 atom stereocenters. The second-order valence-corrected chi connectivity index (χ2v) is 6.52. The summed E-state index contributed by atoms with van der Waals surface area (Å²) >= 11 is 0. The van der Waals surface area contributed by atoms with Crippen LogP contribution in [0.25, 0.3) is 5.69 Å². The number of nitrogens with zero attached hydrogens (tertiary/aromatic N) is 3. The lowest BCUT2D eigenvalue weighted by Crippen LogP contribution is -2.41. The van der Waals surface area contributed by atoms with Gasteiger partial charge in [0.1, 0.15) is 0 Å². The average molecular weight is 434 g/mol. The van der Waals surface area contributed by atoms with Crippen LogP contribution in [0.3, 0.4) is 0 Å². The highest BCUT2D eigenvalue weighted by atomic mass is 19.4. The first kappa shape index (κ1) is 21.8. The molecule has 0 unspecified atom stereocenters. The summed E-state index contributed by atoms with van der Waals surface area (Å²) in [4.78, 5) is 36.8. The van der Waals surface area contributed by atoms with Crippen molar-refractivity contribution >= 4 is 11.6 Å². The lowest BCUT2D eigenvalue weighted by molar-refractivity contribution is -0.137. The first-order chi connectivity index (χ1) is 14.6. The van der Waals surface area contributed by atoms with E-state index in [2.05, 4.69) is 10.4 Å². The lowest BCUT2D eigenvalue weighted by atomic mass is 10.1. The molecule has 1 heterocycles. The van der Waals surface area contributed by atoms with Crippen molar-refractivity contribution in [2.45, 2.75) is 19.6 Å². The van der Waals surface area contributed by atoms with Gasteiger partial charge in [0.05, 0.1) is 24.9 Å². The van der Waals surface area contributed by atoms with Gasteiger partial charge in [-0.3, -0.25) is 9.59 Å². The molecule has 0 saturated heterocycles. The van der Waals surface area contributed by atoms with Gasteiger partial charge >= 0.3 is 17.4 Å². The molecule has 0 aliphatic carbocycles. The number of amides is 1. The van der Waals surface area contributed by atoms with E-state index in [0.717, 1.165) is 21.4 Å². The van der Waals surface area contributed by atoms with Crippen molar-refractivity contribution < 1.29 is 22.7 Å². The Morgan fingerprint density at radius 1 is 1.13 bits per heavy atom. The minimum atomic E-state index is -4.50. The molecule has 1 N–H and O–H groups in total. The summed E-state index contributed by atoms with van der Waals surface area (Å²) in [5.41, 5.74) is -1.55. The van der Waals surface area contributed by atoms with Gasteiger partial charge in [-0.25, -0.2) is 9.36 Å². The van der Waals surface area contributed by atoms with E-state index < -0.39 is 23.0 Å².